The summed E-state index contributed by atoms with van der Waals surface area (Å²) in [5, 5.41) is 13.4. The Balaban J connectivity index is 1.73. The zero-order valence-electron chi connectivity index (χ0n) is 15.8. The zero-order chi connectivity index (χ0) is 23.0. The number of benzene rings is 2. The second-order valence-electron chi connectivity index (χ2n) is 7.25. The molecule has 2 aromatic rings. The van der Waals surface area contributed by atoms with Crippen molar-refractivity contribution in [2.75, 3.05) is 18.4 Å². The van der Waals surface area contributed by atoms with Gasteiger partial charge in [-0.15, -0.1) is 0 Å². The number of carbonyl (C=O) groups is 1. The summed E-state index contributed by atoms with van der Waals surface area (Å²) >= 11 is 5.83. The molecule has 1 fully saturated rings. The van der Waals surface area contributed by atoms with Gasteiger partial charge in [-0.05, 0) is 48.7 Å². The van der Waals surface area contributed by atoms with E-state index in [-0.39, 0.29) is 32.0 Å². The van der Waals surface area contributed by atoms with Gasteiger partial charge in [0.2, 0.25) is 0 Å². The van der Waals surface area contributed by atoms with Crippen molar-refractivity contribution in [2.45, 2.75) is 30.8 Å². The van der Waals surface area contributed by atoms with Crippen LogP contribution in [-0.4, -0.2) is 29.1 Å². The van der Waals surface area contributed by atoms with E-state index >= 15 is 0 Å². The van der Waals surface area contributed by atoms with E-state index in [9.17, 15) is 36.2 Å². The lowest BCUT2D eigenvalue weighted by molar-refractivity contribution is -0.143. The van der Waals surface area contributed by atoms with Crippen molar-refractivity contribution in [3.63, 3.8) is 0 Å². The normalized spacial score (nSPS) is 16.8. The average Bonchev–Trinajstić information content (AvgIpc) is 2.67. The maximum Gasteiger partial charge on any atom is 0.416 e. The number of nitrogens with one attached hydrogen (secondary N) is 1. The molecule has 0 unspecified atom stereocenters. The van der Waals surface area contributed by atoms with Crippen LogP contribution in [0.3, 0.4) is 0 Å². The Morgan fingerprint density at radius 2 is 1.42 bits per heavy atom. The van der Waals surface area contributed by atoms with Crippen LogP contribution in [0, 0.1) is 0 Å². The van der Waals surface area contributed by atoms with Gasteiger partial charge in [-0.2, -0.15) is 26.3 Å². The minimum absolute atomic E-state index is 0.0111. The monoisotopic (exact) mass is 466 g/mol. The number of hydrogen-bond donors (Lipinski definition) is 2. The van der Waals surface area contributed by atoms with E-state index in [0.29, 0.717) is 22.7 Å². The number of likely N-dealkylation sites (tertiary alicyclic amines) is 1. The van der Waals surface area contributed by atoms with E-state index in [0.717, 1.165) is 0 Å². The summed E-state index contributed by atoms with van der Waals surface area (Å²) in [4.78, 5) is 13.7. The molecule has 2 amide bonds. The van der Waals surface area contributed by atoms with Crippen molar-refractivity contribution < 1.29 is 36.2 Å². The predicted octanol–water partition coefficient (Wildman–Crippen LogP) is 5.89. The number of halogens is 7. The second kappa shape index (κ2) is 8.23. The Labute approximate surface area is 178 Å². The summed E-state index contributed by atoms with van der Waals surface area (Å²) in [6, 6.07) is 6.55. The molecule has 31 heavy (non-hydrogen) atoms. The topological polar surface area (TPSA) is 52.6 Å². The Bertz CT molecular complexity index is 919. The van der Waals surface area contributed by atoms with Crippen LogP contribution in [0.5, 0.6) is 0 Å². The summed E-state index contributed by atoms with van der Waals surface area (Å²) in [5.41, 5.74) is -4.28. The third kappa shape index (κ3) is 5.43. The molecule has 1 heterocycles. The van der Waals surface area contributed by atoms with Gasteiger partial charge in [0.25, 0.3) is 0 Å². The summed E-state index contributed by atoms with van der Waals surface area (Å²) in [5.74, 6) is 0. The number of rotatable bonds is 2. The van der Waals surface area contributed by atoms with Gasteiger partial charge < -0.3 is 15.3 Å². The molecule has 2 N–H and O–H groups in total. The van der Waals surface area contributed by atoms with Crippen LogP contribution in [-0.2, 0) is 18.0 Å². The SMILES string of the molecule is O=C(Nc1cc(C(F)(F)F)cc(C(F)(F)F)c1)N1CCC(O)(c2ccc(Cl)cc2)CC1. The molecule has 3 rings (SSSR count). The van der Waals surface area contributed by atoms with Gasteiger partial charge in [0.1, 0.15) is 0 Å². The Kier molecular flexibility index (Phi) is 6.16. The third-order valence-electron chi connectivity index (χ3n) is 5.10. The number of nitrogens with zero attached hydrogens (tertiary/aromatic N) is 1. The molecule has 1 aliphatic heterocycles. The fourth-order valence-electron chi connectivity index (χ4n) is 3.36. The predicted molar refractivity (Wildman–Crippen MR) is 102 cm³/mol. The fraction of sp³-hybridized carbons (Fsp3) is 0.350. The zero-order valence-corrected chi connectivity index (χ0v) is 16.6. The van der Waals surface area contributed by atoms with Gasteiger partial charge in [-0.3, -0.25) is 0 Å². The first kappa shape index (κ1) is 23.2. The van der Waals surface area contributed by atoms with Crippen LogP contribution in [0.25, 0.3) is 0 Å². The number of alkyl halides is 6. The first-order valence-corrected chi connectivity index (χ1v) is 9.50. The van der Waals surface area contributed by atoms with Crippen LogP contribution in [0.4, 0.5) is 36.8 Å². The van der Waals surface area contributed by atoms with Crippen molar-refractivity contribution >= 4 is 23.3 Å². The molecule has 0 saturated carbocycles. The van der Waals surface area contributed by atoms with Gasteiger partial charge in [-0.1, -0.05) is 23.7 Å². The Hall–Kier alpha value is -2.46. The number of amides is 2. The van der Waals surface area contributed by atoms with Gasteiger partial charge in [0.15, 0.2) is 0 Å². The lowest BCUT2D eigenvalue weighted by Gasteiger charge is -2.38. The Morgan fingerprint density at radius 3 is 1.87 bits per heavy atom. The van der Waals surface area contributed by atoms with E-state index < -0.39 is 40.8 Å². The van der Waals surface area contributed by atoms with Crippen molar-refractivity contribution in [1.82, 2.24) is 4.90 Å². The van der Waals surface area contributed by atoms with E-state index in [1.54, 1.807) is 24.3 Å². The maximum absolute atomic E-state index is 13.0. The van der Waals surface area contributed by atoms with E-state index in [4.69, 9.17) is 11.6 Å². The molecule has 168 valence electrons. The van der Waals surface area contributed by atoms with Crippen LogP contribution in [0.2, 0.25) is 5.02 Å². The molecule has 2 aromatic carbocycles. The number of carbonyl (C=O) groups excluding carboxylic acids is 1. The number of urea groups is 1. The Morgan fingerprint density at radius 1 is 0.935 bits per heavy atom. The second-order valence-corrected chi connectivity index (χ2v) is 7.69. The number of aliphatic hydroxyl groups is 1. The quantitative estimate of drug-likeness (QED) is 0.542. The molecular formula is C20H17ClF6N2O2. The van der Waals surface area contributed by atoms with Crippen LogP contribution in [0.1, 0.15) is 29.5 Å². The first-order valence-electron chi connectivity index (χ1n) is 9.12. The highest BCUT2D eigenvalue weighted by atomic mass is 35.5. The van der Waals surface area contributed by atoms with Crippen LogP contribution < -0.4 is 5.32 Å². The van der Waals surface area contributed by atoms with E-state index in [2.05, 4.69) is 5.32 Å². The molecule has 11 heteroatoms. The minimum atomic E-state index is -5.01. The molecule has 0 bridgehead atoms. The van der Waals surface area contributed by atoms with Crippen LogP contribution in [0.15, 0.2) is 42.5 Å². The maximum atomic E-state index is 13.0. The van der Waals surface area contributed by atoms with Crippen molar-refractivity contribution in [3.05, 3.63) is 64.2 Å². The van der Waals surface area contributed by atoms with Crippen molar-refractivity contribution in [3.8, 4) is 0 Å². The molecule has 0 spiro atoms. The molecule has 0 radical (unpaired) electrons. The number of anilines is 1. The fourth-order valence-corrected chi connectivity index (χ4v) is 3.48. The standard InChI is InChI=1S/C20H17ClF6N2O2/c21-15-3-1-12(2-4-15)18(31)5-7-29(8-6-18)17(30)28-16-10-13(19(22,23)24)9-14(11-16)20(25,26)27/h1-4,9-11,31H,5-8H2,(H,28,30). The van der Waals surface area contributed by atoms with E-state index in [1.165, 1.54) is 4.90 Å². The lowest BCUT2D eigenvalue weighted by Crippen LogP contribution is -2.46. The van der Waals surface area contributed by atoms with Crippen molar-refractivity contribution in [1.29, 1.82) is 0 Å². The van der Waals surface area contributed by atoms with Crippen molar-refractivity contribution in [2.24, 2.45) is 0 Å². The highest BCUT2D eigenvalue weighted by Crippen LogP contribution is 2.38. The molecule has 1 saturated heterocycles. The molecule has 0 atom stereocenters. The highest BCUT2D eigenvalue weighted by molar-refractivity contribution is 6.30. The summed E-state index contributed by atoms with van der Waals surface area (Å²) < 4.78 is 77.8. The largest absolute Gasteiger partial charge is 0.416 e. The van der Waals surface area contributed by atoms with Gasteiger partial charge in [0, 0.05) is 23.8 Å². The van der Waals surface area contributed by atoms with Gasteiger partial charge in [-0.25, -0.2) is 4.79 Å². The third-order valence-corrected chi connectivity index (χ3v) is 5.35. The molecule has 0 aromatic heterocycles. The number of hydrogen-bond acceptors (Lipinski definition) is 2. The van der Waals surface area contributed by atoms with Crippen LogP contribution >= 0.6 is 11.6 Å². The summed E-state index contributed by atoms with van der Waals surface area (Å²) in [6.45, 7) is 0.103. The van der Waals surface area contributed by atoms with E-state index in [1.807, 2.05) is 0 Å². The minimum Gasteiger partial charge on any atom is -0.385 e. The smallest absolute Gasteiger partial charge is 0.385 e. The molecular weight excluding hydrogens is 450 g/mol. The first-order chi connectivity index (χ1) is 14.3. The molecule has 1 aliphatic rings. The highest BCUT2D eigenvalue weighted by Gasteiger charge is 2.38. The van der Waals surface area contributed by atoms with Gasteiger partial charge in [0.05, 0.1) is 16.7 Å². The number of piperidine rings is 1. The van der Waals surface area contributed by atoms with Gasteiger partial charge >= 0.3 is 18.4 Å². The summed E-state index contributed by atoms with van der Waals surface area (Å²) in [7, 11) is 0. The summed E-state index contributed by atoms with van der Waals surface area (Å²) in [6.07, 6.45) is -9.75. The molecule has 0 aliphatic carbocycles. The lowest BCUT2D eigenvalue weighted by atomic mass is 9.84. The average molecular weight is 467 g/mol. The molecule has 4 nitrogen and oxygen atoms in total.